The van der Waals surface area contributed by atoms with Crippen LogP contribution in [0.4, 0.5) is 0 Å². The van der Waals surface area contributed by atoms with Crippen molar-refractivity contribution in [2.75, 3.05) is 0 Å². The maximum Gasteiger partial charge on any atom is 2.00 e. The zero-order chi connectivity index (χ0) is 15.3. The van der Waals surface area contributed by atoms with Gasteiger partial charge in [0.05, 0.1) is 0 Å². The smallest absolute Gasteiger partial charge is 0.872 e. The third-order valence-corrected chi connectivity index (χ3v) is 2.24. The zero-order valence-corrected chi connectivity index (χ0v) is 12.7. The third kappa shape index (κ3) is 10.4. The van der Waals surface area contributed by atoms with E-state index in [2.05, 4.69) is 0 Å². The minimum atomic E-state index is 0. The van der Waals surface area contributed by atoms with Gasteiger partial charge in [0.25, 0.3) is 0 Å². The Labute approximate surface area is 140 Å². The summed E-state index contributed by atoms with van der Waals surface area (Å²) in [5.41, 5.74) is 0. The first-order valence-electron chi connectivity index (χ1n) is 6.36. The van der Waals surface area contributed by atoms with Crippen molar-refractivity contribution in [1.29, 1.82) is 0 Å². The van der Waals surface area contributed by atoms with E-state index in [1.807, 2.05) is 18.2 Å². The van der Waals surface area contributed by atoms with Gasteiger partial charge in [-0.05, 0) is 12.1 Å². The summed E-state index contributed by atoms with van der Waals surface area (Å²) in [6, 6.07) is 25.4. The van der Waals surface area contributed by atoms with Gasteiger partial charge in [-0.3, -0.25) is 0 Å². The van der Waals surface area contributed by atoms with Gasteiger partial charge < -0.3 is 15.3 Å². The molecule has 0 spiro atoms. The zero-order valence-electron chi connectivity index (χ0n) is 11.7. The molecule has 1 N–H and O–H groups in total. The van der Waals surface area contributed by atoms with Crippen LogP contribution in [0.25, 0.3) is 0 Å². The second-order valence-electron chi connectivity index (χ2n) is 3.96. The van der Waals surface area contributed by atoms with Gasteiger partial charge in [0.2, 0.25) is 0 Å². The molecular formula is C18H16NiO3. The molecule has 3 nitrogen and oxygen atoms in total. The van der Waals surface area contributed by atoms with Crippen LogP contribution in [0.5, 0.6) is 17.2 Å². The van der Waals surface area contributed by atoms with Crippen LogP contribution in [0.15, 0.2) is 91.0 Å². The van der Waals surface area contributed by atoms with E-state index >= 15 is 0 Å². The van der Waals surface area contributed by atoms with Crippen LogP contribution in [0, 0.1) is 0 Å². The van der Waals surface area contributed by atoms with E-state index in [0.29, 0.717) is 5.75 Å². The van der Waals surface area contributed by atoms with Gasteiger partial charge in [-0.25, -0.2) is 0 Å². The molecule has 3 aromatic rings. The van der Waals surface area contributed by atoms with Gasteiger partial charge >= 0.3 is 16.5 Å². The standard InChI is InChI=1S/3C6H6O.Ni/c3*7-6-4-2-1-3-5-6;/h3*1-5,7H;/q;;;+2/p-2. The number of benzene rings is 3. The summed E-state index contributed by atoms with van der Waals surface area (Å²) in [5.74, 6) is 0.465. The molecule has 0 radical (unpaired) electrons. The molecule has 0 atom stereocenters. The van der Waals surface area contributed by atoms with Crippen LogP contribution in [0.1, 0.15) is 0 Å². The van der Waals surface area contributed by atoms with Gasteiger partial charge in [-0.2, -0.15) is 0 Å². The Morgan fingerprint density at radius 3 is 0.909 bits per heavy atom. The van der Waals surface area contributed by atoms with Crippen molar-refractivity contribution in [3.63, 3.8) is 0 Å². The minimum absolute atomic E-state index is 0. The molecule has 0 aromatic heterocycles. The van der Waals surface area contributed by atoms with Crippen molar-refractivity contribution in [3.8, 4) is 17.2 Å². The maximum atomic E-state index is 10.3. The van der Waals surface area contributed by atoms with Gasteiger partial charge in [-0.15, -0.1) is 11.5 Å². The Morgan fingerprint density at radius 2 is 0.773 bits per heavy atom. The fourth-order valence-corrected chi connectivity index (χ4v) is 1.27. The van der Waals surface area contributed by atoms with Crippen LogP contribution in [-0.4, -0.2) is 5.11 Å². The molecular weight excluding hydrogens is 323 g/mol. The Bertz CT molecular complexity index is 497. The first-order valence-corrected chi connectivity index (χ1v) is 6.36. The monoisotopic (exact) mass is 338 g/mol. The normalized spacial score (nSPS) is 8.18. The van der Waals surface area contributed by atoms with Crippen molar-refractivity contribution in [2.45, 2.75) is 0 Å². The SMILES string of the molecule is Oc1ccccc1.[Ni+2].[O-]c1ccccc1.[O-]c1ccccc1. The number of phenolic OH excluding ortho intramolecular Hbond substituents is 1. The van der Waals surface area contributed by atoms with E-state index in [4.69, 9.17) is 5.11 Å². The van der Waals surface area contributed by atoms with Gasteiger partial charge in [-0.1, -0.05) is 78.9 Å². The Morgan fingerprint density at radius 1 is 0.500 bits per heavy atom. The molecule has 0 saturated heterocycles. The molecule has 3 rings (SSSR count). The molecule has 4 heteroatoms. The number of aromatic hydroxyl groups is 1. The second-order valence-corrected chi connectivity index (χ2v) is 3.96. The summed E-state index contributed by atoms with van der Waals surface area (Å²) >= 11 is 0. The number of phenols is 1. The molecule has 0 unspecified atom stereocenters. The van der Waals surface area contributed by atoms with Crippen molar-refractivity contribution in [1.82, 2.24) is 0 Å². The quantitative estimate of drug-likeness (QED) is 0.641. The van der Waals surface area contributed by atoms with Crippen molar-refractivity contribution in [3.05, 3.63) is 91.0 Å². The first kappa shape index (κ1) is 19.6. The predicted octanol–water partition coefficient (Wildman–Crippen LogP) is 2.91. The van der Waals surface area contributed by atoms with Crippen molar-refractivity contribution in [2.24, 2.45) is 0 Å². The van der Waals surface area contributed by atoms with E-state index in [1.54, 1.807) is 48.5 Å². The summed E-state index contributed by atoms with van der Waals surface area (Å²) in [5, 5.41) is 29.2. The average Bonchev–Trinajstić information content (AvgIpc) is 2.51. The van der Waals surface area contributed by atoms with Crippen LogP contribution < -0.4 is 10.2 Å². The molecule has 0 bridgehead atoms. The molecule has 0 amide bonds. The van der Waals surface area contributed by atoms with Gasteiger partial charge in [0, 0.05) is 0 Å². The Hall–Kier alpha value is -2.45. The van der Waals surface area contributed by atoms with Crippen molar-refractivity contribution < 1.29 is 31.8 Å². The van der Waals surface area contributed by atoms with Gasteiger partial charge in [0.1, 0.15) is 5.75 Å². The number of rotatable bonds is 0. The summed E-state index contributed by atoms with van der Waals surface area (Å²) in [7, 11) is 0. The number of hydrogen-bond acceptors (Lipinski definition) is 3. The van der Waals surface area contributed by atoms with Crippen molar-refractivity contribution >= 4 is 0 Å². The van der Waals surface area contributed by atoms with E-state index < -0.39 is 0 Å². The molecule has 0 heterocycles. The summed E-state index contributed by atoms with van der Waals surface area (Å²) in [4.78, 5) is 0. The predicted molar refractivity (Wildman–Crippen MR) is 79.9 cm³/mol. The van der Waals surface area contributed by atoms with E-state index in [1.165, 1.54) is 24.3 Å². The van der Waals surface area contributed by atoms with E-state index in [0.717, 1.165) is 0 Å². The molecule has 0 fully saturated rings. The molecule has 3 aromatic carbocycles. The summed E-state index contributed by atoms with van der Waals surface area (Å²) in [6.07, 6.45) is 0. The summed E-state index contributed by atoms with van der Waals surface area (Å²) in [6.45, 7) is 0. The molecule has 0 saturated carbocycles. The van der Waals surface area contributed by atoms with Crippen LogP contribution in [0.3, 0.4) is 0 Å². The largest absolute Gasteiger partial charge is 2.00 e. The molecule has 0 aliphatic heterocycles. The molecule has 0 aliphatic rings. The molecule has 116 valence electrons. The number of hydrogen-bond donors (Lipinski definition) is 1. The van der Waals surface area contributed by atoms with Gasteiger partial charge in [0.15, 0.2) is 0 Å². The van der Waals surface area contributed by atoms with Crippen LogP contribution in [0.2, 0.25) is 0 Å². The van der Waals surface area contributed by atoms with Crippen LogP contribution >= 0.6 is 0 Å². The maximum absolute atomic E-state index is 10.3. The topological polar surface area (TPSA) is 66.3 Å². The Balaban J connectivity index is 0.000000294. The second kappa shape index (κ2) is 12.3. The minimum Gasteiger partial charge on any atom is -0.872 e. The fraction of sp³-hybridized carbons (Fsp3) is 0. The van der Waals surface area contributed by atoms with E-state index in [9.17, 15) is 10.2 Å². The summed E-state index contributed by atoms with van der Waals surface area (Å²) < 4.78 is 0. The molecule has 22 heavy (non-hydrogen) atoms. The first-order chi connectivity index (χ1) is 10.2. The Kier molecular flexibility index (Phi) is 10.9. The fourth-order valence-electron chi connectivity index (χ4n) is 1.27. The third-order valence-electron chi connectivity index (χ3n) is 2.24. The number of para-hydroxylation sites is 3. The van der Waals surface area contributed by atoms with E-state index in [-0.39, 0.29) is 28.0 Å². The molecule has 0 aliphatic carbocycles. The van der Waals surface area contributed by atoms with Crippen LogP contribution in [-0.2, 0) is 16.5 Å². The average molecular weight is 339 g/mol.